The number of hydroxylamine groups is 2. The number of rotatable bonds is 0. The average Bonchev–Trinajstić information content (AvgIpc) is 1.82. The van der Waals surface area contributed by atoms with Gasteiger partial charge in [-0.25, -0.2) is 0 Å². The van der Waals surface area contributed by atoms with Crippen LogP contribution in [-0.4, -0.2) is 17.1 Å². The minimum atomic E-state index is 0.235. The van der Waals surface area contributed by atoms with Gasteiger partial charge in [-0.3, -0.25) is 0 Å². The summed E-state index contributed by atoms with van der Waals surface area (Å²) in [5, 5.41) is 12.4. The molecule has 0 saturated carbocycles. The summed E-state index contributed by atoms with van der Waals surface area (Å²) in [5.74, 6) is 0.732. The zero-order valence-electron chi connectivity index (χ0n) is 7.00. The van der Waals surface area contributed by atoms with Gasteiger partial charge in [0, 0.05) is 0 Å². The van der Waals surface area contributed by atoms with Gasteiger partial charge in [-0.2, -0.15) is 0 Å². The molecule has 0 aromatic carbocycles. The maximum atomic E-state index is 11.2. The zero-order chi connectivity index (χ0) is 7.72. The highest BCUT2D eigenvalue weighted by Gasteiger charge is 2.21. The molecule has 0 spiro atoms. The second-order valence-corrected chi connectivity index (χ2v) is 3.63. The van der Waals surface area contributed by atoms with Gasteiger partial charge in [0.25, 0.3) is 0 Å². The van der Waals surface area contributed by atoms with E-state index in [1.807, 2.05) is 13.8 Å². The van der Waals surface area contributed by atoms with E-state index in [-0.39, 0.29) is 12.1 Å². The predicted molar refractivity (Wildman–Crippen MR) is 42.5 cm³/mol. The fraction of sp³-hybridized carbons (Fsp3) is 1.00. The van der Waals surface area contributed by atoms with Crippen molar-refractivity contribution in [3.63, 3.8) is 0 Å². The van der Waals surface area contributed by atoms with Crippen molar-refractivity contribution in [2.45, 2.75) is 45.7 Å². The summed E-state index contributed by atoms with van der Waals surface area (Å²) >= 11 is 0. The van der Waals surface area contributed by atoms with Crippen LogP contribution in [-0.2, 0) is 0 Å². The van der Waals surface area contributed by atoms with E-state index in [9.17, 15) is 5.21 Å². The second kappa shape index (κ2) is 2.89. The first kappa shape index (κ1) is 8.02. The van der Waals surface area contributed by atoms with E-state index in [2.05, 4.69) is 6.92 Å². The zero-order valence-corrected chi connectivity index (χ0v) is 7.00. The van der Waals surface area contributed by atoms with Gasteiger partial charge in [0.2, 0.25) is 0 Å². The van der Waals surface area contributed by atoms with Crippen LogP contribution in [0.3, 0.4) is 0 Å². The summed E-state index contributed by atoms with van der Waals surface area (Å²) in [4.78, 5) is 0. The smallest absolute Gasteiger partial charge is 0.00505 e. The minimum Gasteiger partial charge on any atom is -0.785 e. The lowest BCUT2D eigenvalue weighted by Crippen LogP contribution is -2.41. The van der Waals surface area contributed by atoms with Gasteiger partial charge in [0.15, 0.2) is 0 Å². The molecule has 0 aliphatic carbocycles. The number of piperidine rings is 1. The van der Waals surface area contributed by atoms with E-state index >= 15 is 0 Å². The summed E-state index contributed by atoms with van der Waals surface area (Å²) in [7, 11) is 0. The van der Waals surface area contributed by atoms with Crippen molar-refractivity contribution in [1.82, 2.24) is 5.06 Å². The molecule has 0 aromatic heterocycles. The lowest BCUT2D eigenvalue weighted by Gasteiger charge is -2.46. The Hall–Kier alpha value is -0.0800. The molecule has 1 aliphatic rings. The van der Waals surface area contributed by atoms with Gasteiger partial charge in [-0.1, -0.05) is 20.8 Å². The highest BCUT2D eigenvalue weighted by molar-refractivity contribution is 4.82. The van der Waals surface area contributed by atoms with Crippen LogP contribution >= 0.6 is 0 Å². The van der Waals surface area contributed by atoms with Crippen LogP contribution in [0.5, 0.6) is 0 Å². The van der Waals surface area contributed by atoms with Gasteiger partial charge in [-0.15, -0.1) is 0 Å². The van der Waals surface area contributed by atoms with Gasteiger partial charge in [0.05, 0.1) is 0 Å². The summed E-state index contributed by atoms with van der Waals surface area (Å²) in [5.41, 5.74) is 0. The number of nitrogens with zero attached hydrogens (tertiary/aromatic N) is 1. The van der Waals surface area contributed by atoms with Gasteiger partial charge in [-0.05, 0) is 30.8 Å². The van der Waals surface area contributed by atoms with Crippen LogP contribution in [0.1, 0.15) is 33.6 Å². The molecule has 60 valence electrons. The molecule has 1 aliphatic heterocycles. The Labute approximate surface area is 62.8 Å². The lowest BCUT2D eigenvalue weighted by molar-refractivity contribution is 0.128. The third kappa shape index (κ3) is 1.50. The molecule has 1 heterocycles. The highest BCUT2D eigenvalue weighted by Crippen LogP contribution is 2.25. The van der Waals surface area contributed by atoms with Crippen molar-refractivity contribution in [2.75, 3.05) is 0 Å². The molecular weight excluding hydrogens is 126 g/mol. The molecule has 0 N–H and O–H groups in total. The Morgan fingerprint density at radius 3 is 1.90 bits per heavy atom. The SMILES string of the molecule is CC1CC(C)N([O-])C(C)C1. The Morgan fingerprint density at radius 2 is 1.50 bits per heavy atom. The van der Waals surface area contributed by atoms with E-state index in [1.165, 1.54) is 5.06 Å². The first-order valence-corrected chi connectivity index (χ1v) is 4.06. The van der Waals surface area contributed by atoms with Crippen LogP contribution in [0.2, 0.25) is 0 Å². The normalized spacial score (nSPS) is 43.8. The van der Waals surface area contributed by atoms with E-state index in [0.717, 1.165) is 18.8 Å². The van der Waals surface area contributed by atoms with Crippen LogP contribution in [0.4, 0.5) is 0 Å². The van der Waals surface area contributed by atoms with E-state index in [1.54, 1.807) is 0 Å². The number of hydrogen-bond donors (Lipinski definition) is 0. The largest absolute Gasteiger partial charge is 0.785 e. The van der Waals surface area contributed by atoms with E-state index < -0.39 is 0 Å². The van der Waals surface area contributed by atoms with Gasteiger partial charge >= 0.3 is 0 Å². The maximum Gasteiger partial charge on any atom is -0.00505 e. The molecule has 1 fully saturated rings. The fourth-order valence-electron chi connectivity index (χ4n) is 1.90. The molecular formula is C8H16NO-. The molecule has 2 nitrogen and oxygen atoms in total. The fourth-order valence-corrected chi connectivity index (χ4v) is 1.90. The first-order chi connectivity index (χ1) is 4.61. The van der Waals surface area contributed by atoms with Crippen molar-refractivity contribution >= 4 is 0 Å². The third-order valence-corrected chi connectivity index (χ3v) is 2.36. The van der Waals surface area contributed by atoms with Gasteiger partial charge < -0.3 is 10.3 Å². The molecule has 0 bridgehead atoms. The molecule has 0 aromatic rings. The van der Waals surface area contributed by atoms with E-state index in [4.69, 9.17) is 0 Å². The number of hydrogen-bond acceptors (Lipinski definition) is 2. The molecule has 1 saturated heterocycles. The standard InChI is InChI=1S/C8H16NO/c1-6-4-7(2)9(10)8(3)5-6/h6-8H,4-5H2,1-3H3/q-1. The average molecular weight is 142 g/mol. The topological polar surface area (TPSA) is 26.3 Å². The van der Waals surface area contributed by atoms with Crippen LogP contribution < -0.4 is 0 Å². The second-order valence-electron chi connectivity index (χ2n) is 3.63. The highest BCUT2D eigenvalue weighted by atomic mass is 16.5. The molecule has 0 amide bonds. The Bertz CT molecular complexity index is 104. The minimum absolute atomic E-state index is 0.235. The Balaban J connectivity index is 2.49. The van der Waals surface area contributed by atoms with Crippen LogP contribution in [0.15, 0.2) is 0 Å². The Morgan fingerprint density at radius 1 is 1.10 bits per heavy atom. The van der Waals surface area contributed by atoms with Crippen molar-refractivity contribution in [2.24, 2.45) is 5.92 Å². The lowest BCUT2D eigenvalue weighted by atomic mass is 9.90. The van der Waals surface area contributed by atoms with Crippen molar-refractivity contribution in [1.29, 1.82) is 0 Å². The van der Waals surface area contributed by atoms with Crippen molar-refractivity contribution < 1.29 is 0 Å². The Kier molecular flexibility index (Phi) is 2.32. The summed E-state index contributed by atoms with van der Waals surface area (Å²) in [6.45, 7) is 6.25. The first-order valence-electron chi connectivity index (χ1n) is 4.06. The summed E-state index contributed by atoms with van der Waals surface area (Å²) in [6.07, 6.45) is 2.13. The molecule has 1 rings (SSSR count). The van der Waals surface area contributed by atoms with Crippen LogP contribution in [0.25, 0.3) is 0 Å². The maximum absolute atomic E-state index is 11.2. The molecule has 10 heavy (non-hydrogen) atoms. The van der Waals surface area contributed by atoms with E-state index in [0.29, 0.717) is 0 Å². The molecule has 2 unspecified atom stereocenters. The molecule has 2 atom stereocenters. The monoisotopic (exact) mass is 142 g/mol. The van der Waals surface area contributed by atoms with Crippen molar-refractivity contribution in [3.05, 3.63) is 5.21 Å². The van der Waals surface area contributed by atoms with Gasteiger partial charge in [0.1, 0.15) is 0 Å². The van der Waals surface area contributed by atoms with Crippen molar-refractivity contribution in [3.8, 4) is 0 Å². The predicted octanol–water partition coefficient (Wildman–Crippen LogP) is 1.99. The quantitative estimate of drug-likeness (QED) is 0.517. The molecule has 2 heteroatoms. The third-order valence-electron chi connectivity index (χ3n) is 2.36. The summed E-state index contributed by atoms with van der Waals surface area (Å²) in [6, 6.07) is 0.470. The van der Waals surface area contributed by atoms with Crippen LogP contribution in [0, 0.1) is 11.1 Å². The summed E-state index contributed by atoms with van der Waals surface area (Å²) < 4.78 is 0. The molecule has 0 radical (unpaired) electrons.